The molecule has 1 heterocycles. The summed E-state index contributed by atoms with van der Waals surface area (Å²) in [6, 6.07) is 10.2. The lowest BCUT2D eigenvalue weighted by molar-refractivity contribution is -0.120. The minimum Gasteiger partial charge on any atom is -0.355 e. The van der Waals surface area contributed by atoms with Crippen LogP contribution in [0.15, 0.2) is 35.5 Å². The van der Waals surface area contributed by atoms with Crippen LogP contribution >= 0.6 is 11.8 Å². The van der Waals surface area contributed by atoms with E-state index >= 15 is 0 Å². The van der Waals surface area contributed by atoms with Crippen molar-refractivity contribution in [3.8, 4) is 0 Å². The van der Waals surface area contributed by atoms with Gasteiger partial charge in [-0.1, -0.05) is 49.0 Å². The van der Waals surface area contributed by atoms with Gasteiger partial charge >= 0.3 is 0 Å². The number of amides is 1. The number of aromatic nitrogens is 4. The van der Waals surface area contributed by atoms with Crippen molar-refractivity contribution < 1.29 is 4.79 Å². The highest BCUT2D eigenvalue weighted by Gasteiger charge is 2.24. The fourth-order valence-electron chi connectivity index (χ4n) is 2.18. The molecule has 7 heteroatoms. The molecule has 130 valence electrons. The first kappa shape index (κ1) is 18.4. The maximum absolute atomic E-state index is 12.4. The highest BCUT2D eigenvalue weighted by Crippen LogP contribution is 2.25. The van der Waals surface area contributed by atoms with Gasteiger partial charge in [0.05, 0.1) is 10.8 Å². The second-order valence-corrected chi connectivity index (χ2v) is 8.17. The molecule has 2 rings (SSSR count). The number of carbonyl (C=O) groups excluding carboxylic acids is 1. The molecule has 1 N–H and O–H groups in total. The van der Waals surface area contributed by atoms with E-state index in [1.807, 2.05) is 45.9 Å². The third-order valence-corrected chi connectivity index (χ3v) is 4.71. The molecule has 1 aromatic carbocycles. The number of hydrogen-bond donors (Lipinski definition) is 1. The first-order valence-corrected chi connectivity index (χ1v) is 8.95. The first-order valence-electron chi connectivity index (χ1n) is 8.07. The van der Waals surface area contributed by atoms with Crippen molar-refractivity contribution in [3.05, 3.63) is 35.9 Å². The molecule has 24 heavy (non-hydrogen) atoms. The predicted molar refractivity (Wildman–Crippen MR) is 96.0 cm³/mol. The van der Waals surface area contributed by atoms with Crippen molar-refractivity contribution in [3.63, 3.8) is 0 Å². The molecule has 2 unspecified atom stereocenters. The van der Waals surface area contributed by atoms with Crippen LogP contribution in [0.1, 0.15) is 46.1 Å². The topological polar surface area (TPSA) is 72.7 Å². The number of nitrogens with one attached hydrogen (secondary N) is 1. The number of rotatable bonds is 6. The van der Waals surface area contributed by atoms with Gasteiger partial charge in [0.1, 0.15) is 0 Å². The zero-order chi connectivity index (χ0) is 17.7. The first-order chi connectivity index (χ1) is 11.3. The Bertz CT molecular complexity index is 665. The largest absolute Gasteiger partial charge is 0.355 e. The molecule has 1 amide bonds. The van der Waals surface area contributed by atoms with Crippen LogP contribution in [0, 0.1) is 0 Å². The van der Waals surface area contributed by atoms with Crippen LogP contribution in [0.25, 0.3) is 0 Å². The molecule has 1 aromatic heterocycles. The number of thioether (sulfide) groups is 1. The third-order valence-electron chi connectivity index (χ3n) is 3.68. The van der Waals surface area contributed by atoms with E-state index in [1.54, 1.807) is 4.68 Å². The minimum atomic E-state index is -0.264. The molecule has 0 bridgehead atoms. The van der Waals surface area contributed by atoms with Gasteiger partial charge in [-0.25, -0.2) is 4.68 Å². The molecule has 0 fully saturated rings. The number of tetrazole rings is 1. The van der Waals surface area contributed by atoms with Crippen molar-refractivity contribution in [1.29, 1.82) is 0 Å². The smallest absolute Gasteiger partial charge is 0.233 e. The zero-order valence-corrected chi connectivity index (χ0v) is 15.7. The Morgan fingerprint density at radius 2 is 1.92 bits per heavy atom. The summed E-state index contributed by atoms with van der Waals surface area (Å²) in [4.78, 5) is 12.4. The number of carbonyl (C=O) groups is 1. The van der Waals surface area contributed by atoms with Gasteiger partial charge in [0, 0.05) is 6.54 Å². The van der Waals surface area contributed by atoms with Gasteiger partial charge in [0.15, 0.2) is 0 Å². The number of benzene rings is 1. The molecule has 0 saturated carbocycles. The molecule has 0 saturated heterocycles. The minimum absolute atomic E-state index is 0.00811. The second-order valence-electron chi connectivity index (χ2n) is 6.86. The summed E-state index contributed by atoms with van der Waals surface area (Å²) in [7, 11) is 0. The molecular formula is C17H25N5OS. The zero-order valence-electron chi connectivity index (χ0n) is 14.9. The standard InChI is InChI=1S/C17H25N5OS/c1-12(14-9-7-6-8-10-14)11-18-15(23)13(2)24-16-19-20-21-22(16)17(3,4)5/h6-10,12-13H,11H2,1-5H3,(H,18,23). The van der Waals surface area contributed by atoms with Gasteiger partial charge < -0.3 is 5.32 Å². The van der Waals surface area contributed by atoms with E-state index in [0.717, 1.165) is 0 Å². The Labute approximate surface area is 147 Å². The van der Waals surface area contributed by atoms with Crippen LogP contribution in [0.2, 0.25) is 0 Å². The maximum Gasteiger partial charge on any atom is 0.233 e. The molecule has 2 aromatic rings. The molecule has 6 nitrogen and oxygen atoms in total. The van der Waals surface area contributed by atoms with Crippen LogP contribution in [0.3, 0.4) is 0 Å². The lowest BCUT2D eigenvalue weighted by Gasteiger charge is -2.20. The Morgan fingerprint density at radius 3 is 2.54 bits per heavy atom. The highest BCUT2D eigenvalue weighted by atomic mass is 32.2. The van der Waals surface area contributed by atoms with Gasteiger partial charge in [0.25, 0.3) is 0 Å². The van der Waals surface area contributed by atoms with Crippen LogP contribution < -0.4 is 5.32 Å². The van der Waals surface area contributed by atoms with Gasteiger partial charge in [0.2, 0.25) is 11.1 Å². The van der Waals surface area contributed by atoms with E-state index in [2.05, 4.69) is 39.9 Å². The monoisotopic (exact) mass is 347 g/mol. The van der Waals surface area contributed by atoms with Gasteiger partial charge in [-0.15, -0.1) is 5.10 Å². The fraction of sp³-hybridized carbons (Fsp3) is 0.529. The van der Waals surface area contributed by atoms with Crippen molar-refractivity contribution >= 4 is 17.7 Å². The molecule has 0 aliphatic carbocycles. The van der Waals surface area contributed by atoms with Crippen LogP contribution in [-0.2, 0) is 10.3 Å². The quantitative estimate of drug-likeness (QED) is 0.814. The van der Waals surface area contributed by atoms with Crippen molar-refractivity contribution in [2.45, 2.75) is 56.5 Å². The highest BCUT2D eigenvalue weighted by molar-refractivity contribution is 8.00. The fourth-order valence-corrected chi connectivity index (χ4v) is 3.18. The Morgan fingerprint density at radius 1 is 1.25 bits per heavy atom. The Balaban J connectivity index is 1.90. The lowest BCUT2D eigenvalue weighted by atomic mass is 10.0. The van der Waals surface area contributed by atoms with Gasteiger partial charge in [-0.2, -0.15) is 0 Å². The van der Waals surface area contributed by atoms with Crippen LogP contribution in [0.5, 0.6) is 0 Å². The number of hydrogen-bond acceptors (Lipinski definition) is 5. The van der Waals surface area contributed by atoms with E-state index in [1.165, 1.54) is 17.3 Å². The summed E-state index contributed by atoms with van der Waals surface area (Å²) in [5.41, 5.74) is 0.999. The van der Waals surface area contributed by atoms with Crippen LogP contribution in [0.4, 0.5) is 0 Å². The van der Waals surface area contributed by atoms with E-state index in [0.29, 0.717) is 11.7 Å². The van der Waals surface area contributed by atoms with Gasteiger partial charge in [-0.05, 0) is 49.6 Å². The summed E-state index contributed by atoms with van der Waals surface area (Å²) in [5.74, 6) is 0.262. The maximum atomic E-state index is 12.4. The summed E-state index contributed by atoms with van der Waals surface area (Å²) >= 11 is 1.37. The number of nitrogens with zero attached hydrogens (tertiary/aromatic N) is 4. The van der Waals surface area contributed by atoms with Crippen molar-refractivity contribution in [1.82, 2.24) is 25.5 Å². The summed E-state index contributed by atoms with van der Waals surface area (Å²) < 4.78 is 1.74. The van der Waals surface area contributed by atoms with Gasteiger partial charge in [-0.3, -0.25) is 4.79 Å². The van der Waals surface area contributed by atoms with Crippen molar-refractivity contribution in [2.75, 3.05) is 6.54 Å². The molecule has 2 atom stereocenters. The van der Waals surface area contributed by atoms with Crippen molar-refractivity contribution in [2.24, 2.45) is 0 Å². The normalized spacial score (nSPS) is 14.2. The molecule has 0 spiro atoms. The average molecular weight is 347 g/mol. The van der Waals surface area contributed by atoms with E-state index < -0.39 is 0 Å². The van der Waals surface area contributed by atoms with Crippen LogP contribution in [-0.4, -0.2) is 37.9 Å². The Kier molecular flexibility index (Phi) is 5.99. The third kappa shape index (κ3) is 4.80. The average Bonchev–Trinajstić information content (AvgIpc) is 3.01. The summed E-state index contributed by atoms with van der Waals surface area (Å²) in [6.07, 6.45) is 0. The summed E-state index contributed by atoms with van der Waals surface area (Å²) in [5, 5.41) is 15.2. The van der Waals surface area contributed by atoms with E-state index in [4.69, 9.17) is 0 Å². The second kappa shape index (κ2) is 7.79. The lowest BCUT2D eigenvalue weighted by Crippen LogP contribution is -2.34. The predicted octanol–water partition coefficient (Wildman–Crippen LogP) is 2.83. The Hall–Kier alpha value is -1.89. The molecule has 0 aliphatic heterocycles. The van der Waals surface area contributed by atoms with E-state index in [-0.39, 0.29) is 22.6 Å². The SMILES string of the molecule is CC(Sc1nnnn1C(C)(C)C)C(=O)NCC(C)c1ccccc1. The molecule has 0 aliphatic rings. The molecular weight excluding hydrogens is 322 g/mol. The summed E-state index contributed by atoms with van der Waals surface area (Å²) in [6.45, 7) is 10.7. The molecule has 0 radical (unpaired) electrons. The van der Waals surface area contributed by atoms with E-state index in [9.17, 15) is 4.79 Å².